The van der Waals surface area contributed by atoms with Gasteiger partial charge in [-0.15, -0.1) is 0 Å². The Labute approximate surface area is 170 Å². The van der Waals surface area contributed by atoms with E-state index >= 15 is 0 Å². The van der Waals surface area contributed by atoms with Gasteiger partial charge >= 0.3 is 11.9 Å². The van der Waals surface area contributed by atoms with Gasteiger partial charge in [-0.25, -0.2) is 9.59 Å². The summed E-state index contributed by atoms with van der Waals surface area (Å²) in [5.74, 6) is -1.70. The monoisotopic (exact) mass is 403 g/mol. The smallest absolute Gasteiger partial charge is 0.336 e. The summed E-state index contributed by atoms with van der Waals surface area (Å²) in [5.41, 5.74) is 8.84. The van der Waals surface area contributed by atoms with Crippen LogP contribution in [0.1, 0.15) is 39.2 Å². The normalized spacial score (nSPS) is 14.4. The molecular formula is C20H25N3O4S. The van der Waals surface area contributed by atoms with Gasteiger partial charge in [-0.3, -0.25) is 0 Å². The third-order valence-electron chi connectivity index (χ3n) is 4.28. The minimum Gasteiger partial charge on any atom is -0.463 e. The molecule has 0 aromatic heterocycles. The number of carbonyl (C=O) groups is 2. The fraction of sp³-hybridized carbons (Fsp3) is 0.350. The second kappa shape index (κ2) is 9.36. The van der Waals surface area contributed by atoms with Gasteiger partial charge in [0.25, 0.3) is 0 Å². The number of ether oxygens (including phenoxy) is 2. The molecule has 1 aromatic rings. The number of benzene rings is 1. The molecule has 1 aliphatic heterocycles. The molecule has 1 heterocycles. The zero-order valence-corrected chi connectivity index (χ0v) is 17.2. The van der Waals surface area contributed by atoms with Gasteiger partial charge in [-0.1, -0.05) is 18.2 Å². The van der Waals surface area contributed by atoms with Gasteiger partial charge in [0.1, 0.15) is 0 Å². The molecule has 0 radical (unpaired) electrons. The molecule has 0 saturated heterocycles. The number of nitrogens with two attached hydrogens (primary N) is 1. The highest BCUT2D eigenvalue weighted by atomic mass is 32.1. The number of allylic oxidation sites excluding steroid dienone is 2. The second-order valence-corrected chi connectivity index (χ2v) is 6.59. The van der Waals surface area contributed by atoms with E-state index in [2.05, 4.69) is 10.6 Å². The molecular weight excluding hydrogens is 378 g/mol. The average molecular weight is 404 g/mol. The highest BCUT2D eigenvalue weighted by molar-refractivity contribution is 7.80. The van der Waals surface area contributed by atoms with Gasteiger partial charge in [0.15, 0.2) is 5.11 Å². The molecule has 150 valence electrons. The van der Waals surface area contributed by atoms with E-state index in [9.17, 15) is 9.59 Å². The van der Waals surface area contributed by atoms with Gasteiger partial charge in [-0.2, -0.15) is 0 Å². The first-order valence-corrected chi connectivity index (χ1v) is 9.40. The van der Waals surface area contributed by atoms with Crippen molar-refractivity contribution in [1.29, 1.82) is 0 Å². The lowest BCUT2D eigenvalue weighted by molar-refractivity contribution is -0.139. The summed E-state index contributed by atoms with van der Waals surface area (Å²) < 4.78 is 10.5. The number of anilines is 1. The summed E-state index contributed by atoms with van der Waals surface area (Å²) in [5, 5.41) is 6.11. The van der Waals surface area contributed by atoms with Crippen molar-refractivity contribution in [2.75, 3.05) is 18.5 Å². The molecule has 1 aliphatic rings. The molecule has 0 bridgehead atoms. The number of thiocarbonyl (C=S) groups is 1. The molecule has 1 aromatic carbocycles. The Hall–Kier alpha value is -2.87. The highest BCUT2D eigenvalue weighted by Crippen LogP contribution is 2.42. The maximum Gasteiger partial charge on any atom is 0.336 e. The van der Waals surface area contributed by atoms with Gasteiger partial charge in [0.05, 0.1) is 30.3 Å². The third-order valence-corrected chi connectivity index (χ3v) is 4.38. The first kappa shape index (κ1) is 21.4. The van der Waals surface area contributed by atoms with Crippen molar-refractivity contribution < 1.29 is 19.1 Å². The molecule has 0 atom stereocenters. The molecule has 0 fully saturated rings. The largest absolute Gasteiger partial charge is 0.463 e. The van der Waals surface area contributed by atoms with Crippen molar-refractivity contribution in [2.45, 2.75) is 33.6 Å². The Morgan fingerprint density at radius 1 is 1.07 bits per heavy atom. The van der Waals surface area contributed by atoms with Crippen LogP contribution >= 0.6 is 12.2 Å². The fourth-order valence-electron chi connectivity index (χ4n) is 3.26. The molecule has 8 heteroatoms. The van der Waals surface area contributed by atoms with Crippen molar-refractivity contribution >= 4 is 35.0 Å². The molecule has 2 rings (SSSR count). The van der Waals surface area contributed by atoms with Crippen molar-refractivity contribution in [3.63, 3.8) is 0 Å². The number of carbonyl (C=O) groups excluding carboxylic acids is 2. The zero-order valence-electron chi connectivity index (χ0n) is 16.4. The molecule has 0 spiro atoms. The van der Waals surface area contributed by atoms with Crippen molar-refractivity contribution in [3.8, 4) is 0 Å². The van der Waals surface area contributed by atoms with Crippen molar-refractivity contribution in [1.82, 2.24) is 5.32 Å². The second-order valence-electron chi connectivity index (χ2n) is 6.15. The van der Waals surface area contributed by atoms with E-state index in [1.807, 2.05) is 18.2 Å². The number of rotatable bonds is 6. The first-order chi connectivity index (χ1) is 13.3. The van der Waals surface area contributed by atoms with Crippen LogP contribution in [0.3, 0.4) is 0 Å². The van der Waals surface area contributed by atoms with E-state index in [-0.39, 0.29) is 18.3 Å². The van der Waals surface area contributed by atoms with Gasteiger partial charge < -0.3 is 25.8 Å². The molecule has 0 aliphatic carbocycles. The van der Waals surface area contributed by atoms with Gasteiger partial charge in [-0.05, 0) is 51.5 Å². The maximum absolute atomic E-state index is 12.8. The van der Waals surface area contributed by atoms with Crippen molar-refractivity contribution in [2.24, 2.45) is 5.73 Å². The number of hydrogen-bond acceptors (Lipinski definition) is 6. The van der Waals surface area contributed by atoms with Gasteiger partial charge in [0.2, 0.25) is 0 Å². The summed E-state index contributed by atoms with van der Waals surface area (Å²) >= 11 is 4.98. The van der Waals surface area contributed by atoms with Crippen molar-refractivity contribution in [3.05, 3.63) is 52.4 Å². The Morgan fingerprint density at radius 3 is 2.04 bits per heavy atom. The lowest BCUT2D eigenvalue weighted by Gasteiger charge is -2.31. The minimum atomic E-state index is -0.697. The van der Waals surface area contributed by atoms with Crippen LogP contribution in [0.4, 0.5) is 5.69 Å². The predicted molar refractivity (Wildman–Crippen MR) is 111 cm³/mol. The summed E-state index contributed by atoms with van der Waals surface area (Å²) in [6, 6.07) is 7.23. The molecule has 7 nitrogen and oxygen atoms in total. The van der Waals surface area contributed by atoms with Crippen LogP contribution in [0.5, 0.6) is 0 Å². The number of hydrogen-bond donors (Lipinski definition) is 3. The number of nitrogens with one attached hydrogen (secondary N) is 2. The number of esters is 2. The van der Waals surface area contributed by atoms with E-state index in [1.165, 1.54) is 0 Å². The average Bonchev–Trinajstić information content (AvgIpc) is 2.61. The van der Waals surface area contributed by atoms with E-state index in [0.717, 1.165) is 0 Å². The van der Waals surface area contributed by atoms with E-state index in [1.54, 1.807) is 33.8 Å². The Balaban J connectivity index is 2.72. The van der Waals surface area contributed by atoms with E-state index in [4.69, 9.17) is 27.4 Å². The van der Waals surface area contributed by atoms with Crippen LogP contribution in [-0.2, 0) is 19.1 Å². The Kier molecular flexibility index (Phi) is 7.17. The Bertz CT molecular complexity index is 821. The zero-order chi connectivity index (χ0) is 20.8. The molecule has 4 N–H and O–H groups in total. The molecule has 0 unspecified atom stereocenters. The van der Waals surface area contributed by atoms with E-state index < -0.39 is 17.9 Å². The molecule has 0 amide bonds. The summed E-state index contributed by atoms with van der Waals surface area (Å²) in [6.07, 6.45) is 0. The topological polar surface area (TPSA) is 103 Å². The van der Waals surface area contributed by atoms with Crippen LogP contribution in [0.15, 0.2) is 46.8 Å². The van der Waals surface area contributed by atoms with Crippen LogP contribution in [0.2, 0.25) is 0 Å². The van der Waals surface area contributed by atoms with Crippen LogP contribution in [0, 0.1) is 0 Å². The summed E-state index contributed by atoms with van der Waals surface area (Å²) in [7, 11) is 0. The molecule has 0 saturated carbocycles. The lowest BCUT2D eigenvalue weighted by Crippen LogP contribution is -2.33. The fourth-order valence-corrected chi connectivity index (χ4v) is 3.37. The van der Waals surface area contributed by atoms with Gasteiger partial charge in [0, 0.05) is 17.1 Å². The molecule has 28 heavy (non-hydrogen) atoms. The third kappa shape index (κ3) is 4.51. The summed E-state index contributed by atoms with van der Waals surface area (Å²) in [6.45, 7) is 7.44. The van der Waals surface area contributed by atoms with Crippen LogP contribution in [-0.4, -0.2) is 30.3 Å². The number of para-hydroxylation sites is 1. The first-order valence-electron chi connectivity index (χ1n) is 8.99. The highest BCUT2D eigenvalue weighted by Gasteiger charge is 2.38. The SMILES string of the molecule is CCOC(=O)C1=C(C)NC(C)=C(C(=O)OCC)C1c1ccccc1NC(N)=S. The lowest BCUT2D eigenvalue weighted by atomic mass is 9.79. The number of dihydropyridines is 1. The summed E-state index contributed by atoms with van der Waals surface area (Å²) in [4.78, 5) is 25.6. The van der Waals surface area contributed by atoms with E-state index in [0.29, 0.717) is 33.8 Å². The quantitative estimate of drug-likeness (QED) is 0.492. The predicted octanol–water partition coefficient (Wildman–Crippen LogP) is 2.70. The Morgan fingerprint density at radius 2 is 1.57 bits per heavy atom. The standard InChI is InChI=1S/C20H25N3O4S/c1-5-26-18(24)15-11(3)22-12(4)16(19(25)27-6-2)17(15)13-9-7-8-10-14(13)23-20(21)28/h7-10,17,22H,5-6H2,1-4H3,(H3,21,23,28). The minimum absolute atomic E-state index is 0.0816. The van der Waals surface area contributed by atoms with Crippen LogP contribution in [0.25, 0.3) is 0 Å². The van der Waals surface area contributed by atoms with Crippen LogP contribution < -0.4 is 16.4 Å². The maximum atomic E-state index is 12.8.